The molecular formula is C16H30BLiN2O5. The van der Waals surface area contributed by atoms with Crippen LogP contribution in [0.1, 0.15) is 59.1 Å². The van der Waals surface area contributed by atoms with Crippen molar-refractivity contribution >= 4 is 18.3 Å². The summed E-state index contributed by atoms with van der Waals surface area (Å²) < 4.78 is 24.9. The summed E-state index contributed by atoms with van der Waals surface area (Å²) in [5.41, 5.74) is 0.564. The van der Waals surface area contributed by atoms with Crippen molar-refractivity contribution in [3.05, 3.63) is 12.0 Å². The topological polar surface area (TPSA) is 71.8 Å². The minimum absolute atomic E-state index is 0. The van der Waals surface area contributed by atoms with Crippen LogP contribution in [0.4, 0.5) is 0 Å². The van der Waals surface area contributed by atoms with Gasteiger partial charge in [0.15, 0.2) is 0 Å². The van der Waals surface area contributed by atoms with E-state index >= 15 is 0 Å². The SMILES string of the molecule is CCOC(=O)c1ncc([B-](OC(C)C)(OC(C)C)OC(C)C)n1C.[Li+]. The third kappa shape index (κ3) is 6.46. The predicted molar refractivity (Wildman–Crippen MR) is 93.2 cm³/mol. The summed E-state index contributed by atoms with van der Waals surface area (Å²) in [6.45, 7) is 11.2. The van der Waals surface area contributed by atoms with Crippen molar-refractivity contribution in [1.29, 1.82) is 0 Å². The van der Waals surface area contributed by atoms with Crippen molar-refractivity contribution in [1.82, 2.24) is 9.55 Å². The Labute approximate surface area is 162 Å². The van der Waals surface area contributed by atoms with Crippen molar-refractivity contribution in [2.75, 3.05) is 6.61 Å². The van der Waals surface area contributed by atoms with Gasteiger partial charge in [-0.05, 0) is 54.1 Å². The van der Waals surface area contributed by atoms with Crippen molar-refractivity contribution in [3.8, 4) is 0 Å². The normalized spacial score (nSPS) is 12.0. The first-order valence-electron chi connectivity index (χ1n) is 8.49. The van der Waals surface area contributed by atoms with Gasteiger partial charge >= 0.3 is 31.6 Å². The first-order valence-corrected chi connectivity index (χ1v) is 8.49. The second kappa shape index (κ2) is 10.4. The minimum Gasteiger partial charge on any atom is -0.538 e. The maximum atomic E-state index is 12.1. The maximum Gasteiger partial charge on any atom is 1.00 e. The fourth-order valence-corrected chi connectivity index (χ4v) is 2.52. The molecule has 0 atom stereocenters. The van der Waals surface area contributed by atoms with Gasteiger partial charge in [0.1, 0.15) is 0 Å². The molecule has 1 heterocycles. The van der Waals surface area contributed by atoms with E-state index in [2.05, 4.69) is 4.98 Å². The van der Waals surface area contributed by atoms with E-state index in [1.54, 1.807) is 24.7 Å². The third-order valence-electron chi connectivity index (χ3n) is 3.20. The van der Waals surface area contributed by atoms with E-state index in [9.17, 15) is 4.79 Å². The van der Waals surface area contributed by atoms with Crippen molar-refractivity contribution in [2.45, 2.75) is 66.8 Å². The summed E-state index contributed by atoms with van der Waals surface area (Å²) in [6.07, 6.45) is 1.15. The van der Waals surface area contributed by atoms with Crippen LogP contribution in [0.2, 0.25) is 0 Å². The largest absolute Gasteiger partial charge is 1.00 e. The van der Waals surface area contributed by atoms with Crippen LogP contribution in [-0.4, -0.2) is 47.2 Å². The Kier molecular flexibility index (Phi) is 10.1. The van der Waals surface area contributed by atoms with Crippen molar-refractivity contribution in [3.63, 3.8) is 0 Å². The number of aromatic nitrogens is 2. The molecule has 0 amide bonds. The Morgan fingerprint density at radius 3 is 1.88 bits per heavy atom. The molecule has 0 N–H and O–H groups in total. The molecule has 0 bridgehead atoms. The van der Waals surface area contributed by atoms with Crippen LogP contribution in [0, 0.1) is 0 Å². The van der Waals surface area contributed by atoms with Crippen LogP contribution >= 0.6 is 0 Å². The Morgan fingerprint density at radius 2 is 1.52 bits per heavy atom. The molecule has 0 aromatic carbocycles. The zero-order valence-corrected chi connectivity index (χ0v) is 17.0. The van der Waals surface area contributed by atoms with Crippen LogP contribution < -0.4 is 24.5 Å². The Hall–Kier alpha value is -0.778. The smallest absolute Gasteiger partial charge is 0.538 e. The van der Waals surface area contributed by atoms with Gasteiger partial charge in [0, 0.05) is 31.6 Å². The van der Waals surface area contributed by atoms with Gasteiger partial charge in [0.05, 0.1) is 6.61 Å². The fraction of sp³-hybridized carbons (Fsp3) is 0.750. The number of esters is 1. The molecule has 25 heavy (non-hydrogen) atoms. The first kappa shape index (κ1) is 24.2. The Balaban J connectivity index is 0.00000576. The average Bonchev–Trinajstić information content (AvgIpc) is 2.78. The maximum absolute atomic E-state index is 12.1. The molecule has 0 aliphatic rings. The molecular weight excluding hydrogens is 318 g/mol. The van der Waals surface area contributed by atoms with Crippen molar-refractivity contribution in [2.24, 2.45) is 7.05 Å². The second-order valence-electron chi connectivity index (χ2n) is 6.48. The van der Waals surface area contributed by atoms with Gasteiger partial charge in [-0.3, -0.25) is 0 Å². The molecule has 0 unspecified atom stereocenters. The van der Waals surface area contributed by atoms with Gasteiger partial charge < -0.3 is 23.3 Å². The number of carbonyl (C=O) groups excluding carboxylic acids is 1. The molecule has 0 fully saturated rings. The summed E-state index contributed by atoms with van der Waals surface area (Å²) in [5, 5.41) is 0. The van der Waals surface area contributed by atoms with Gasteiger partial charge in [-0.15, -0.1) is 0 Å². The van der Waals surface area contributed by atoms with Crippen LogP contribution in [0.3, 0.4) is 0 Å². The number of imidazole rings is 1. The molecule has 9 heteroatoms. The number of hydrogen-bond donors (Lipinski definition) is 0. The molecule has 0 aliphatic heterocycles. The fourth-order valence-electron chi connectivity index (χ4n) is 2.52. The van der Waals surface area contributed by atoms with Crippen LogP contribution in [0.5, 0.6) is 0 Å². The summed E-state index contributed by atoms with van der Waals surface area (Å²) in [4.78, 5) is 16.2. The Bertz CT molecular complexity index is 522. The van der Waals surface area contributed by atoms with Gasteiger partial charge in [-0.25, -0.2) is 9.78 Å². The van der Waals surface area contributed by atoms with Crippen LogP contribution in [-0.2, 0) is 25.7 Å². The number of ether oxygens (including phenoxy) is 1. The van der Waals surface area contributed by atoms with E-state index < -0.39 is 12.7 Å². The number of nitrogens with zero attached hydrogens (tertiary/aromatic N) is 2. The molecule has 0 radical (unpaired) electrons. The predicted octanol–water partition coefficient (Wildman–Crippen LogP) is -0.978. The number of hydrogen-bond acceptors (Lipinski definition) is 6. The van der Waals surface area contributed by atoms with Crippen LogP contribution in [0.15, 0.2) is 6.20 Å². The first-order chi connectivity index (χ1) is 11.1. The van der Waals surface area contributed by atoms with E-state index in [-0.39, 0.29) is 49.6 Å². The summed E-state index contributed by atoms with van der Waals surface area (Å²) >= 11 is 0. The molecule has 138 valence electrons. The molecule has 0 spiro atoms. The molecule has 1 aromatic heterocycles. The number of rotatable bonds is 9. The zero-order valence-electron chi connectivity index (χ0n) is 17.0. The molecule has 1 rings (SSSR count). The third-order valence-corrected chi connectivity index (χ3v) is 3.20. The minimum atomic E-state index is -2.27. The van der Waals surface area contributed by atoms with E-state index in [1.165, 1.54) is 0 Å². The Morgan fingerprint density at radius 1 is 1.08 bits per heavy atom. The average molecular weight is 348 g/mol. The molecule has 0 saturated carbocycles. The van der Waals surface area contributed by atoms with Gasteiger partial charge in [0.25, 0.3) is 0 Å². The van der Waals surface area contributed by atoms with E-state index in [4.69, 9.17) is 18.7 Å². The molecule has 0 aliphatic carbocycles. The van der Waals surface area contributed by atoms with Gasteiger partial charge in [-0.2, -0.15) is 0 Å². The summed E-state index contributed by atoms with van der Waals surface area (Å²) in [6, 6.07) is 0. The van der Waals surface area contributed by atoms with E-state index in [0.717, 1.165) is 0 Å². The molecule has 1 aromatic rings. The van der Waals surface area contributed by atoms with Gasteiger partial charge in [0.2, 0.25) is 5.82 Å². The second-order valence-corrected chi connectivity index (χ2v) is 6.48. The monoisotopic (exact) mass is 348 g/mol. The molecule has 0 saturated heterocycles. The van der Waals surface area contributed by atoms with Crippen LogP contribution in [0.25, 0.3) is 0 Å². The van der Waals surface area contributed by atoms with Crippen molar-refractivity contribution < 1.29 is 42.4 Å². The number of carbonyl (C=O) groups is 1. The quantitative estimate of drug-likeness (QED) is 0.422. The standard InChI is InChI=1S/C16H30BN2O5.Li/c1-9-21-16(20)15-18-10-14(19(15)8)17(22-11(2)3,23-12(4)5)24-13(6)7;/h10-13H,9H2,1-8H3;/q-1;+1. The van der Waals surface area contributed by atoms with Gasteiger partial charge in [-0.1, -0.05) is 0 Å². The summed E-state index contributed by atoms with van der Waals surface area (Å²) in [5.74, 6) is -0.306. The molecule has 7 nitrogen and oxygen atoms in total. The zero-order chi connectivity index (χ0) is 18.5. The van der Waals surface area contributed by atoms with E-state index in [0.29, 0.717) is 5.59 Å². The van der Waals surface area contributed by atoms with E-state index in [1.807, 2.05) is 41.5 Å². The summed E-state index contributed by atoms with van der Waals surface area (Å²) in [7, 11) is 1.72.